The number of fused-ring (bicyclic) bond motifs is 1. The molecule has 8 heteroatoms. The van der Waals surface area contributed by atoms with Gasteiger partial charge in [0.2, 0.25) is 0 Å². The fourth-order valence-corrected chi connectivity index (χ4v) is 5.08. The van der Waals surface area contributed by atoms with Crippen LogP contribution >= 0.6 is 11.8 Å². The molecule has 2 heterocycles. The van der Waals surface area contributed by atoms with Gasteiger partial charge in [0.05, 0.1) is 17.1 Å². The van der Waals surface area contributed by atoms with Crippen LogP contribution in [0, 0.1) is 5.82 Å². The Labute approximate surface area is 192 Å². The van der Waals surface area contributed by atoms with E-state index in [0.717, 1.165) is 34.7 Å². The zero-order valence-corrected chi connectivity index (χ0v) is 20.1. The molecule has 172 valence electrons. The number of carbonyl (C=O) groups is 3. The highest BCUT2D eigenvalue weighted by Gasteiger charge is 2.41. The van der Waals surface area contributed by atoms with Crippen LogP contribution in [0.3, 0.4) is 0 Å². The quantitative estimate of drug-likeness (QED) is 0.428. The van der Waals surface area contributed by atoms with Gasteiger partial charge in [0.25, 0.3) is 11.1 Å². The third-order valence-electron chi connectivity index (χ3n) is 5.67. The van der Waals surface area contributed by atoms with Crippen LogP contribution in [-0.4, -0.2) is 46.7 Å². The molecule has 1 saturated heterocycles. The van der Waals surface area contributed by atoms with Crippen molar-refractivity contribution in [3.05, 3.63) is 40.1 Å². The summed E-state index contributed by atoms with van der Waals surface area (Å²) in [5.41, 5.74) is 2.71. The highest BCUT2D eigenvalue weighted by atomic mass is 32.2. The van der Waals surface area contributed by atoms with Gasteiger partial charge in [-0.15, -0.1) is 0 Å². The average Bonchev–Trinajstić information content (AvgIpc) is 2.98. The van der Waals surface area contributed by atoms with Crippen LogP contribution in [0.5, 0.6) is 0 Å². The predicted molar refractivity (Wildman–Crippen MR) is 126 cm³/mol. The summed E-state index contributed by atoms with van der Waals surface area (Å²) in [6.45, 7) is 12.3. The minimum Gasteiger partial charge on any atom is -0.464 e. The molecule has 0 aromatic heterocycles. The minimum atomic E-state index is -1.04. The van der Waals surface area contributed by atoms with Crippen LogP contribution < -0.4 is 4.90 Å². The summed E-state index contributed by atoms with van der Waals surface area (Å²) in [5.74, 6) is -1.75. The van der Waals surface area contributed by atoms with Crippen LogP contribution in [0.15, 0.2) is 23.1 Å². The second-order valence-corrected chi connectivity index (χ2v) is 9.50. The summed E-state index contributed by atoms with van der Waals surface area (Å²) < 4.78 is 20.1. The van der Waals surface area contributed by atoms with Crippen LogP contribution in [-0.2, 0) is 14.3 Å². The molecular weight excluding hydrogens is 431 g/mol. The maximum absolute atomic E-state index is 15.1. The lowest BCUT2D eigenvalue weighted by Gasteiger charge is -2.43. The molecule has 0 saturated carbocycles. The number of carbonyl (C=O) groups excluding carboxylic acids is 3. The fourth-order valence-electron chi connectivity index (χ4n) is 4.18. The smallest absolute Gasteiger partial charge is 0.329 e. The molecule has 1 aromatic rings. The number of imide groups is 1. The molecule has 32 heavy (non-hydrogen) atoms. The number of halogens is 1. The largest absolute Gasteiger partial charge is 0.464 e. The number of thioether (sulfide) groups is 1. The van der Waals surface area contributed by atoms with Crippen molar-refractivity contribution in [2.75, 3.05) is 18.1 Å². The minimum absolute atomic E-state index is 0.0770. The van der Waals surface area contributed by atoms with Crippen LogP contribution in [0.4, 0.5) is 14.9 Å². The molecular formula is C24H29FN2O4S. The van der Waals surface area contributed by atoms with Crippen molar-refractivity contribution in [2.45, 2.75) is 59.5 Å². The second kappa shape index (κ2) is 9.10. The Kier molecular flexibility index (Phi) is 6.83. The van der Waals surface area contributed by atoms with Crippen molar-refractivity contribution in [3.8, 4) is 0 Å². The van der Waals surface area contributed by atoms with E-state index in [-0.39, 0.29) is 22.6 Å². The van der Waals surface area contributed by atoms with Crippen molar-refractivity contribution in [1.82, 2.24) is 4.90 Å². The summed E-state index contributed by atoms with van der Waals surface area (Å²) in [5, 5.41) is -0.577. The Balaban J connectivity index is 1.99. The molecule has 2 aliphatic heterocycles. The maximum Gasteiger partial charge on any atom is 0.329 e. The molecule has 0 radical (unpaired) electrons. The Morgan fingerprint density at radius 3 is 2.59 bits per heavy atom. The maximum atomic E-state index is 15.1. The molecule has 1 fully saturated rings. The molecule has 1 atom stereocenters. The highest BCUT2D eigenvalue weighted by molar-refractivity contribution is 8.18. The summed E-state index contributed by atoms with van der Waals surface area (Å²) in [7, 11) is 0. The zero-order chi connectivity index (χ0) is 23.8. The third kappa shape index (κ3) is 4.33. The first kappa shape index (κ1) is 24.0. The second-order valence-electron chi connectivity index (χ2n) is 8.50. The van der Waals surface area contributed by atoms with Gasteiger partial charge in [-0.25, -0.2) is 9.18 Å². The number of rotatable bonds is 6. The van der Waals surface area contributed by atoms with E-state index < -0.39 is 29.0 Å². The standard InChI is InChI=1S/C24H29FN2O4S/c1-7-9-26-19-12-18(25)16(10-17(19)14(3)13-24(26,5)6)11-20-21(28)27(23(30)32-20)15(4)22(29)31-8-2/h10-13,15H,7-9H2,1-6H3/b20-11-. The predicted octanol–water partition coefficient (Wildman–Crippen LogP) is 5.23. The molecule has 0 N–H and O–H groups in total. The van der Waals surface area contributed by atoms with Crippen LogP contribution in [0.1, 0.15) is 59.1 Å². The number of anilines is 1. The summed E-state index contributed by atoms with van der Waals surface area (Å²) >= 11 is 0.695. The van der Waals surface area contributed by atoms with Crippen LogP contribution in [0.2, 0.25) is 0 Å². The van der Waals surface area contributed by atoms with Gasteiger partial charge in [-0.2, -0.15) is 0 Å². The average molecular weight is 461 g/mol. The van der Waals surface area contributed by atoms with Crippen molar-refractivity contribution in [1.29, 1.82) is 0 Å². The normalized spacial score (nSPS) is 19.8. The van der Waals surface area contributed by atoms with Crippen LogP contribution in [0.25, 0.3) is 11.6 Å². The van der Waals surface area contributed by atoms with Crippen molar-refractivity contribution < 1.29 is 23.5 Å². The van der Waals surface area contributed by atoms with Gasteiger partial charge in [0, 0.05) is 23.4 Å². The highest BCUT2D eigenvalue weighted by Crippen LogP contribution is 2.41. The molecule has 6 nitrogen and oxygen atoms in total. The van der Waals surface area contributed by atoms with E-state index in [1.54, 1.807) is 13.0 Å². The number of esters is 1. The molecule has 0 bridgehead atoms. The SMILES string of the molecule is CCCN1c2cc(F)c(/C=C3\SC(=O)N(C(C)C(=O)OCC)C3=O)cc2C(C)=CC1(C)C. The van der Waals surface area contributed by atoms with E-state index >= 15 is 4.39 Å². The van der Waals surface area contributed by atoms with Gasteiger partial charge in [-0.05, 0) is 76.6 Å². The first-order chi connectivity index (χ1) is 15.0. The van der Waals surface area contributed by atoms with Crippen molar-refractivity contribution in [3.63, 3.8) is 0 Å². The molecule has 3 rings (SSSR count). The van der Waals surface area contributed by atoms with E-state index in [1.165, 1.54) is 19.1 Å². The molecule has 0 spiro atoms. The molecule has 2 aliphatic rings. The number of nitrogens with zero attached hydrogens (tertiary/aromatic N) is 2. The van der Waals surface area contributed by atoms with E-state index in [9.17, 15) is 14.4 Å². The molecule has 0 aliphatic carbocycles. The van der Waals surface area contributed by atoms with Gasteiger partial charge in [0.15, 0.2) is 0 Å². The number of hydrogen-bond donors (Lipinski definition) is 0. The van der Waals surface area contributed by atoms with E-state index in [2.05, 4.69) is 31.7 Å². The summed E-state index contributed by atoms with van der Waals surface area (Å²) in [4.78, 5) is 40.3. The number of benzene rings is 1. The summed E-state index contributed by atoms with van der Waals surface area (Å²) in [6, 6.07) is 2.18. The number of ether oxygens (including phenoxy) is 1. The van der Waals surface area contributed by atoms with Gasteiger partial charge in [-0.1, -0.05) is 13.0 Å². The lowest BCUT2D eigenvalue weighted by atomic mass is 9.87. The number of allylic oxidation sites excluding steroid dienone is 1. The Hall–Kier alpha value is -2.61. The Bertz CT molecular complexity index is 1030. The van der Waals surface area contributed by atoms with Gasteiger partial charge < -0.3 is 9.64 Å². The zero-order valence-electron chi connectivity index (χ0n) is 19.3. The van der Waals surface area contributed by atoms with Crippen molar-refractivity contribution >= 4 is 46.2 Å². The van der Waals surface area contributed by atoms with E-state index in [0.29, 0.717) is 11.8 Å². The third-order valence-corrected chi connectivity index (χ3v) is 6.55. The topological polar surface area (TPSA) is 66.9 Å². The number of hydrogen-bond acceptors (Lipinski definition) is 6. The Morgan fingerprint density at radius 1 is 1.28 bits per heavy atom. The lowest BCUT2D eigenvalue weighted by molar-refractivity contribution is -0.150. The van der Waals surface area contributed by atoms with Gasteiger partial charge in [0.1, 0.15) is 11.9 Å². The number of amides is 2. The van der Waals surface area contributed by atoms with E-state index in [1.807, 2.05) is 6.92 Å². The summed E-state index contributed by atoms with van der Waals surface area (Å²) in [6.07, 6.45) is 4.46. The first-order valence-electron chi connectivity index (χ1n) is 10.8. The first-order valence-corrected chi connectivity index (χ1v) is 11.6. The fraction of sp³-hybridized carbons (Fsp3) is 0.458. The van der Waals surface area contributed by atoms with E-state index in [4.69, 9.17) is 4.74 Å². The molecule has 1 unspecified atom stereocenters. The van der Waals surface area contributed by atoms with Gasteiger partial charge in [-0.3, -0.25) is 14.5 Å². The lowest BCUT2D eigenvalue weighted by Crippen LogP contribution is -2.45. The molecule has 2 amide bonds. The monoisotopic (exact) mass is 460 g/mol. The molecule has 1 aromatic carbocycles. The van der Waals surface area contributed by atoms with Gasteiger partial charge >= 0.3 is 5.97 Å². The van der Waals surface area contributed by atoms with Crippen molar-refractivity contribution in [2.24, 2.45) is 0 Å². The Morgan fingerprint density at radius 2 is 1.97 bits per heavy atom.